The van der Waals surface area contributed by atoms with Gasteiger partial charge >= 0.3 is 0 Å². The first-order chi connectivity index (χ1) is 8.21. The minimum atomic E-state index is 1.06. The predicted molar refractivity (Wildman–Crippen MR) is 77.5 cm³/mol. The number of unbranched alkanes of at least 4 members (excludes halogenated alkanes) is 1. The fourth-order valence-electron chi connectivity index (χ4n) is 1.93. The fraction of sp³-hybridized carbons (Fsp3) is 0.562. The van der Waals surface area contributed by atoms with Gasteiger partial charge in [0.15, 0.2) is 0 Å². The molecule has 0 aliphatic carbocycles. The Hall–Kier alpha value is -1.11. The Labute approximate surface area is 106 Å². The molecule has 0 unspecified atom stereocenters. The van der Waals surface area contributed by atoms with Gasteiger partial charge in [0.25, 0.3) is 0 Å². The van der Waals surface area contributed by atoms with E-state index in [9.17, 15) is 0 Å². The molecule has 0 N–H and O–H groups in total. The van der Waals surface area contributed by atoms with E-state index in [0.717, 1.165) is 24.9 Å². The summed E-state index contributed by atoms with van der Waals surface area (Å²) in [6, 6.07) is 6.61. The van der Waals surface area contributed by atoms with Crippen LogP contribution in [0.25, 0.3) is 0 Å². The van der Waals surface area contributed by atoms with Crippen molar-refractivity contribution >= 4 is 11.4 Å². The van der Waals surface area contributed by atoms with E-state index in [0.29, 0.717) is 0 Å². The maximum absolute atomic E-state index is 4.81. The van der Waals surface area contributed by atoms with Crippen LogP contribution < -0.4 is 0 Å². The van der Waals surface area contributed by atoms with Crippen LogP contribution in [0, 0.1) is 6.92 Å². The normalized spacial score (nSPS) is 11.9. The number of aliphatic imine (C=N–C) groups is 1. The van der Waals surface area contributed by atoms with Crippen LogP contribution in [0.15, 0.2) is 23.2 Å². The van der Waals surface area contributed by atoms with Crippen LogP contribution in [0.3, 0.4) is 0 Å². The van der Waals surface area contributed by atoms with Gasteiger partial charge in [-0.25, -0.2) is 0 Å². The average Bonchev–Trinajstić information content (AvgIpc) is 2.36. The minimum Gasteiger partial charge on any atom is -0.258 e. The molecule has 0 bridgehead atoms. The Balaban J connectivity index is 2.87. The Kier molecular flexibility index (Phi) is 5.96. The highest BCUT2D eigenvalue weighted by atomic mass is 14.7. The zero-order chi connectivity index (χ0) is 12.7. The molecule has 1 aromatic carbocycles. The van der Waals surface area contributed by atoms with E-state index in [-0.39, 0.29) is 0 Å². The molecule has 0 amide bonds. The number of hydrogen-bond donors (Lipinski definition) is 0. The largest absolute Gasteiger partial charge is 0.258 e. The number of nitrogens with zero attached hydrogens (tertiary/aromatic N) is 1. The monoisotopic (exact) mass is 231 g/mol. The van der Waals surface area contributed by atoms with Crippen molar-refractivity contribution in [2.45, 2.75) is 59.8 Å². The first-order valence-electron chi connectivity index (χ1n) is 6.87. The van der Waals surface area contributed by atoms with Crippen molar-refractivity contribution < 1.29 is 0 Å². The zero-order valence-electron chi connectivity index (χ0n) is 11.7. The van der Waals surface area contributed by atoms with Crippen LogP contribution in [0.1, 0.15) is 57.6 Å². The molecule has 0 saturated heterocycles. The molecule has 0 spiro atoms. The molecular formula is C16H25N. The molecule has 0 heterocycles. The molecule has 17 heavy (non-hydrogen) atoms. The third kappa shape index (κ3) is 4.33. The highest BCUT2D eigenvalue weighted by molar-refractivity contribution is 5.87. The third-order valence-electron chi connectivity index (χ3n) is 3.18. The maximum Gasteiger partial charge on any atom is 0.0658 e. The van der Waals surface area contributed by atoms with Gasteiger partial charge in [-0.15, -0.1) is 0 Å². The van der Waals surface area contributed by atoms with Gasteiger partial charge in [-0.1, -0.05) is 39.3 Å². The molecule has 1 nitrogen and oxygen atoms in total. The summed E-state index contributed by atoms with van der Waals surface area (Å²) in [6.45, 7) is 8.78. The Bertz CT molecular complexity index is 377. The minimum absolute atomic E-state index is 1.06. The van der Waals surface area contributed by atoms with Crippen LogP contribution in [0.2, 0.25) is 0 Å². The van der Waals surface area contributed by atoms with Crippen molar-refractivity contribution in [2.24, 2.45) is 4.99 Å². The van der Waals surface area contributed by atoms with Crippen LogP contribution in [-0.4, -0.2) is 5.71 Å². The average molecular weight is 231 g/mol. The van der Waals surface area contributed by atoms with E-state index in [1.807, 2.05) is 0 Å². The van der Waals surface area contributed by atoms with Gasteiger partial charge in [-0.2, -0.15) is 0 Å². The van der Waals surface area contributed by atoms with Gasteiger partial charge in [-0.05, 0) is 49.8 Å². The molecule has 94 valence electrons. The van der Waals surface area contributed by atoms with Gasteiger partial charge in [0.05, 0.1) is 5.69 Å². The molecule has 0 aromatic heterocycles. The highest BCUT2D eigenvalue weighted by Gasteiger charge is 2.01. The van der Waals surface area contributed by atoms with Crippen molar-refractivity contribution in [2.75, 3.05) is 0 Å². The second-order valence-corrected chi connectivity index (χ2v) is 4.61. The summed E-state index contributed by atoms with van der Waals surface area (Å²) in [5, 5.41) is 0. The Morgan fingerprint density at radius 3 is 2.47 bits per heavy atom. The van der Waals surface area contributed by atoms with Crippen molar-refractivity contribution in [3.05, 3.63) is 29.3 Å². The lowest BCUT2D eigenvalue weighted by atomic mass is 10.1. The summed E-state index contributed by atoms with van der Waals surface area (Å²) in [6.07, 6.45) is 5.80. The lowest BCUT2D eigenvalue weighted by Crippen LogP contribution is -1.95. The Morgan fingerprint density at radius 1 is 1.18 bits per heavy atom. The lowest BCUT2D eigenvalue weighted by molar-refractivity contribution is 0.826. The van der Waals surface area contributed by atoms with Crippen molar-refractivity contribution in [3.63, 3.8) is 0 Å². The molecular weight excluding hydrogens is 206 g/mol. The summed E-state index contributed by atoms with van der Waals surface area (Å²) in [4.78, 5) is 4.81. The number of hydrogen-bond acceptors (Lipinski definition) is 1. The topological polar surface area (TPSA) is 12.4 Å². The lowest BCUT2D eigenvalue weighted by Gasteiger charge is -2.07. The van der Waals surface area contributed by atoms with Gasteiger partial charge in [0.2, 0.25) is 0 Å². The molecule has 1 heteroatoms. The SMILES string of the molecule is CCCCC(CC)=Nc1ccc(CC)cc1C. The summed E-state index contributed by atoms with van der Waals surface area (Å²) in [7, 11) is 0. The van der Waals surface area contributed by atoms with E-state index >= 15 is 0 Å². The molecule has 0 atom stereocenters. The maximum atomic E-state index is 4.81. The molecule has 1 aromatic rings. The van der Waals surface area contributed by atoms with Crippen molar-refractivity contribution in [3.8, 4) is 0 Å². The Morgan fingerprint density at radius 2 is 1.94 bits per heavy atom. The van der Waals surface area contributed by atoms with E-state index < -0.39 is 0 Å². The zero-order valence-corrected chi connectivity index (χ0v) is 11.7. The molecule has 0 aliphatic rings. The van der Waals surface area contributed by atoms with Crippen LogP contribution in [-0.2, 0) is 6.42 Å². The summed E-state index contributed by atoms with van der Waals surface area (Å²) < 4.78 is 0. The van der Waals surface area contributed by atoms with E-state index in [1.165, 1.54) is 29.7 Å². The third-order valence-corrected chi connectivity index (χ3v) is 3.18. The second-order valence-electron chi connectivity index (χ2n) is 4.61. The van der Waals surface area contributed by atoms with Crippen molar-refractivity contribution in [1.29, 1.82) is 0 Å². The highest BCUT2D eigenvalue weighted by Crippen LogP contribution is 2.21. The molecule has 0 radical (unpaired) electrons. The number of aryl methyl sites for hydroxylation is 2. The summed E-state index contributed by atoms with van der Waals surface area (Å²) in [5.74, 6) is 0. The van der Waals surface area contributed by atoms with E-state index in [4.69, 9.17) is 4.99 Å². The molecule has 0 saturated carbocycles. The van der Waals surface area contributed by atoms with E-state index in [1.54, 1.807) is 0 Å². The molecule has 1 rings (SSSR count). The van der Waals surface area contributed by atoms with Crippen LogP contribution in [0.5, 0.6) is 0 Å². The quantitative estimate of drug-likeness (QED) is 0.594. The first-order valence-corrected chi connectivity index (χ1v) is 6.87. The molecule has 0 fully saturated rings. The standard InChI is InChI=1S/C16H25N/c1-5-8-9-15(7-3)17-16-11-10-14(6-2)12-13(16)4/h10-12H,5-9H2,1-4H3. The van der Waals surface area contributed by atoms with Crippen LogP contribution >= 0.6 is 0 Å². The fourth-order valence-corrected chi connectivity index (χ4v) is 1.93. The first kappa shape index (κ1) is 14.0. The van der Waals surface area contributed by atoms with Gasteiger partial charge in [0, 0.05) is 5.71 Å². The van der Waals surface area contributed by atoms with Gasteiger partial charge in [-0.3, -0.25) is 4.99 Å². The van der Waals surface area contributed by atoms with E-state index in [2.05, 4.69) is 45.9 Å². The second kappa shape index (κ2) is 7.26. The summed E-state index contributed by atoms with van der Waals surface area (Å²) in [5.41, 5.74) is 5.18. The smallest absolute Gasteiger partial charge is 0.0658 e. The number of benzene rings is 1. The summed E-state index contributed by atoms with van der Waals surface area (Å²) >= 11 is 0. The van der Waals surface area contributed by atoms with Gasteiger partial charge in [0.1, 0.15) is 0 Å². The van der Waals surface area contributed by atoms with Gasteiger partial charge < -0.3 is 0 Å². The predicted octanol–water partition coefficient (Wildman–Crippen LogP) is 5.23. The molecule has 0 aliphatic heterocycles. The van der Waals surface area contributed by atoms with Crippen LogP contribution in [0.4, 0.5) is 5.69 Å². The number of rotatable bonds is 6. The van der Waals surface area contributed by atoms with Crippen molar-refractivity contribution in [1.82, 2.24) is 0 Å².